The Morgan fingerprint density at radius 2 is 2.44 bits per heavy atom. The molecule has 0 aliphatic carbocycles. The maximum atomic E-state index is 11.7. The average Bonchev–Trinajstić information content (AvgIpc) is 2.28. The number of piperidine rings is 1. The summed E-state index contributed by atoms with van der Waals surface area (Å²) in [6.45, 7) is 4.42. The van der Waals surface area contributed by atoms with E-state index in [0.29, 0.717) is 19.7 Å². The van der Waals surface area contributed by atoms with Gasteiger partial charge in [0.25, 0.3) is 0 Å². The molecule has 0 bridgehead atoms. The van der Waals surface area contributed by atoms with Crippen LogP contribution in [0.1, 0.15) is 19.8 Å². The number of carbonyl (C=O) groups is 1. The quantitative estimate of drug-likeness (QED) is 0.631. The fourth-order valence-electron chi connectivity index (χ4n) is 1.92. The molecule has 2 N–H and O–H groups in total. The van der Waals surface area contributed by atoms with Gasteiger partial charge in [-0.3, -0.25) is 9.69 Å². The van der Waals surface area contributed by atoms with Gasteiger partial charge in [0, 0.05) is 20.2 Å². The van der Waals surface area contributed by atoms with Crippen molar-refractivity contribution in [3.8, 4) is 0 Å². The lowest BCUT2D eigenvalue weighted by molar-refractivity contribution is -0.127. The number of likely N-dealkylation sites (tertiary alicyclic amines) is 1. The maximum Gasteiger partial charge on any atom is 0.237 e. The zero-order valence-electron chi connectivity index (χ0n) is 10.1. The van der Waals surface area contributed by atoms with Crippen LogP contribution in [0.25, 0.3) is 0 Å². The molecule has 0 saturated carbocycles. The molecule has 2 atom stereocenters. The molecular weight excluding hydrogens is 208 g/mol. The van der Waals surface area contributed by atoms with Gasteiger partial charge in [0.15, 0.2) is 0 Å². The van der Waals surface area contributed by atoms with Crippen LogP contribution in [-0.2, 0) is 9.53 Å². The van der Waals surface area contributed by atoms with Gasteiger partial charge in [-0.1, -0.05) is 0 Å². The van der Waals surface area contributed by atoms with Crippen LogP contribution in [0.3, 0.4) is 0 Å². The van der Waals surface area contributed by atoms with Crippen molar-refractivity contribution in [2.24, 2.45) is 0 Å². The van der Waals surface area contributed by atoms with Gasteiger partial charge in [0.1, 0.15) is 0 Å². The summed E-state index contributed by atoms with van der Waals surface area (Å²) in [5.74, 6) is 0.00569. The van der Waals surface area contributed by atoms with E-state index in [4.69, 9.17) is 4.74 Å². The second-order valence-electron chi connectivity index (χ2n) is 4.25. The van der Waals surface area contributed by atoms with E-state index in [0.717, 1.165) is 19.4 Å². The van der Waals surface area contributed by atoms with Gasteiger partial charge < -0.3 is 15.2 Å². The Hall–Kier alpha value is -0.650. The first-order valence-electron chi connectivity index (χ1n) is 5.84. The van der Waals surface area contributed by atoms with E-state index in [1.165, 1.54) is 0 Å². The fraction of sp³-hybridized carbons (Fsp3) is 0.909. The Kier molecular flexibility index (Phi) is 5.73. The second kappa shape index (κ2) is 6.83. The van der Waals surface area contributed by atoms with E-state index in [1.807, 2.05) is 11.8 Å². The topological polar surface area (TPSA) is 61.8 Å². The van der Waals surface area contributed by atoms with E-state index in [2.05, 4.69) is 5.32 Å². The van der Waals surface area contributed by atoms with Crippen molar-refractivity contribution in [1.29, 1.82) is 0 Å². The number of carbonyl (C=O) groups excluding carboxylic acids is 1. The molecule has 1 fully saturated rings. The predicted molar refractivity (Wildman–Crippen MR) is 61.2 cm³/mol. The Bertz CT molecular complexity index is 223. The van der Waals surface area contributed by atoms with Crippen LogP contribution in [0.4, 0.5) is 0 Å². The van der Waals surface area contributed by atoms with Crippen LogP contribution in [0.15, 0.2) is 0 Å². The van der Waals surface area contributed by atoms with Crippen LogP contribution in [-0.4, -0.2) is 61.4 Å². The molecule has 5 heteroatoms. The second-order valence-corrected chi connectivity index (χ2v) is 4.25. The lowest BCUT2D eigenvalue weighted by atomic mass is 10.1. The summed E-state index contributed by atoms with van der Waals surface area (Å²) in [7, 11) is 1.61. The lowest BCUT2D eigenvalue weighted by Crippen LogP contribution is -2.50. The van der Waals surface area contributed by atoms with Crippen LogP contribution >= 0.6 is 0 Å². The molecule has 0 spiro atoms. The summed E-state index contributed by atoms with van der Waals surface area (Å²) in [5.41, 5.74) is 0. The van der Waals surface area contributed by atoms with Gasteiger partial charge in [-0.15, -0.1) is 0 Å². The first kappa shape index (κ1) is 13.4. The monoisotopic (exact) mass is 230 g/mol. The van der Waals surface area contributed by atoms with Crippen molar-refractivity contribution in [2.75, 3.05) is 33.4 Å². The zero-order chi connectivity index (χ0) is 12.0. The molecule has 1 aliphatic rings. The normalized spacial score (nSPS) is 24.1. The molecule has 0 aromatic heterocycles. The van der Waals surface area contributed by atoms with E-state index in [1.54, 1.807) is 7.11 Å². The Balaban J connectivity index is 2.31. The van der Waals surface area contributed by atoms with Crippen molar-refractivity contribution in [3.05, 3.63) is 0 Å². The van der Waals surface area contributed by atoms with Gasteiger partial charge in [0.05, 0.1) is 18.8 Å². The predicted octanol–water partition coefficient (Wildman–Crippen LogP) is -0.406. The summed E-state index contributed by atoms with van der Waals surface area (Å²) >= 11 is 0. The third-order valence-corrected chi connectivity index (χ3v) is 2.96. The third kappa shape index (κ3) is 4.08. The third-order valence-electron chi connectivity index (χ3n) is 2.96. The first-order chi connectivity index (χ1) is 7.65. The van der Waals surface area contributed by atoms with Crippen LogP contribution in [0.5, 0.6) is 0 Å². The number of hydrogen-bond donors (Lipinski definition) is 2. The minimum absolute atomic E-state index is 0.00569. The largest absolute Gasteiger partial charge is 0.392 e. The molecule has 94 valence electrons. The standard InChI is InChI=1S/C11H22N2O3/c1-9(11(15)12-5-7-16-2)13-6-3-4-10(14)8-13/h9-10,14H,3-8H2,1-2H3,(H,12,15)/t9?,10-/m0/s1. The molecule has 0 radical (unpaired) electrons. The van der Waals surface area contributed by atoms with E-state index in [9.17, 15) is 9.90 Å². The van der Waals surface area contributed by atoms with Crippen molar-refractivity contribution in [1.82, 2.24) is 10.2 Å². The summed E-state index contributed by atoms with van der Waals surface area (Å²) in [6.07, 6.45) is 1.51. The number of aliphatic hydroxyl groups excluding tert-OH is 1. The summed E-state index contributed by atoms with van der Waals surface area (Å²) in [6, 6.07) is -0.174. The smallest absolute Gasteiger partial charge is 0.237 e. The SMILES string of the molecule is COCCNC(=O)C(C)N1CCC[C@H](O)C1. The van der Waals surface area contributed by atoms with Crippen LogP contribution in [0.2, 0.25) is 0 Å². The molecule has 1 rings (SSSR count). The van der Waals surface area contributed by atoms with Gasteiger partial charge in [0.2, 0.25) is 5.91 Å². The molecule has 0 aromatic rings. The highest BCUT2D eigenvalue weighted by molar-refractivity contribution is 5.81. The summed E-state index contributed by atoms with van der Waals surface area (Å²) in [4.78, 5) is 13.8. The average molecular weight is 230 g/mol. The van der Waals surface area contributed by atoms with Gasteiger partial charge in [-0.25, -0.2) is 0 Å². The number of ether oxygens (including phenoxy) is 1. The van der Waals surface area contributed by atoms with Crippen LogP contribution < -0.4 is 5.32 Å². The highest BCUT2D eigenvalue weighted by atomic mass is 16.5. The molecule has 1 heterocycles. The Morgan fingerprint density at radius 3 is 3.06 bits per heavy atom. The van der Waals surface area contributed by atoms with Crippen molar-refractivity contribution < 1.29 is 14.6 Å². The fourth-order valence-corrected chi connectivity index (χ4v) is 1.92. The van der Waals surface area contributed by atoms with Gasteiger partial charge in [-0.2, -0.15) is 0 Å². The number of aliphatic hydroxyl groups is 1. The van der Waals surface area contributed by atoms with Gasteiger partial charge >= 0.3 is 0 Å². The number of amides is 1. The number of nitrogens with one attached hydrogen (secondary N) is 1. The lowest BCUT2D eigenvalue weighted by Gasteiger charge is -2.33. The molecular formula is C11H22N2O3. The molecule has 0 aromatic carbocycles. The van der Waals surface area contributed by atoms with E-state index >= 15 is 0 Å². The minimum Gasteiger partial charge on any atom is -0.392 e. The van der Waals surface area contributed by atoms with Crippen molar-refractivity contribution >= 4 is 5.91 Å². The zero-order valence-corrected chi connectivity index (χ0v) is 10.1. The first-order valence-corrected chi connectivity index (χ1v) is 5.84. The number of β-amino-alcohol motifs (C(OH)–C–C–N with tert-alkyl or cyclic N) is 1. The van der Waals surface area contributed by atoms with Gasteiger partial charge in [-0.05, 0) is 26.3 Å². The molecule has 1 saturated heterocycles. The highest BCUT2D eigenvalue weighted by Gasteiger charge is 2.25. The van der Waals surface area contributed by atoms with E-state index < -0.39 is 0 Å². The molecule has 1 aliphatic heterocycles. The minimum atomic E-state index is -0.289. The molecule has 5 nitrogen and oxygen atoms in total. The number of methoxy groups -OCH3 is 1. The maximum absolute atomic E-state index is 11.7. The number of hydrogen-bond acceptors (Lipinski definition) is 4. The van der Waals surface area contributed by atoms with Crippen LogP contribution in [0, 0.1) is 0 Å². The molecule has 16 heavy (non-hydrogen) atoms. The summed E-state index contributed by atoms with van der Waals surface area (Å²) in [5, 5.41) is 12.3. The number of rotatable bonds is 5. The molecule has 1 amide bonds. The van der Waals surface area contributed by atoms with Crippen molar-refractivity contribution in [2.45, 2.75) is 31.9 Å². The number of nitrogens with zero attached hydrogens (tertiary/aromatic N) is 1. The molecule has 1 unspecified atom stereocenters. The van der Waals surface area contributed by atoms with Crippen molar-refractivity contribution in [3.63, 3.8) is 0 Å². The highest BCUT2D eigenvalue weighted by Crippen LogP contribution is 2.12. The Morgan fingerprint density at radius 1 is 1.69 bits per heavy atom. The summed E-state index contributed by atoms with van der Waals surface area (Å²) < 4.78 is 4.87. The Labute approximate surface area is 96.8 Å². The van der Waals surface area contributed by atoms with E-state index in [-0.39, 0.29) is 18.1 Å².